The smallest absolute Gasteiger partial charge is 0.228 e. The fourth-order valence-electron chi connectivity index (χ4n) is 3.19. The molecule has 23 heavy (non-hydrogen) atoms. The summed E-state index contributed by atoms with van der Waals surface area (Å²) in [6.07, 6.45) is 1.65. The van der Waals surface area contributed by atoms with Crippen molar-refractivity contribution in [3.63, 3.8) is 0 Å². The minimum Gasteiger partial charge on any atom is -0.384 e. The van der Waals surface area contributed by atoms with Crippen molar-refractivity contribution in [2.45, 2.75) is 25.9 Å². The second-order valence-corrected chi connectivity index (χ2v) is 6.70. The molecule has 2 N–H and O–H groups in total. The van der Waals surface area contributed by atoms with Gasteiger partial charge in [0.15, 0.2) is 0 Å². The highest BCUT2D eigenvalue weighted by molar-refractivity contribution is 5.83. The highest BCUT2D eigenvalue weighted by Crippen LogP contribution is 2.29. The van der Waals surface area contributed by atoms with E-state index in [0.29, 0.717) is 13.2 Å². The molecule has 5 nitrogen and oxygen atoms in total. The average molecular weight is 319 g/mol. The number of ether oxygens (including phenoxy) is 1. The normalized spacial score (nSPS) is 17.2. The van der Waals surface area contributed by atoms with Gasteiger partial charge < -0.3 is 20.3 Å². The maximum Gasteiger partial charge on any atom is 0.228 e. The SMILES string of the molecule is COCC1(C(=O)NCc2cccc(CN(C)C)c2)CCNCC1. The Kier molecular flexibility index (Phi) is 6.57. The van der Waals surface area contributed by atoms with Crippen LogP contribution < -0.4 is 10.6 Å². The lowest BCUT2D eigenvalue weighted by molar-refractivity contribution is -0.136. The zero-order valence-corrected chi connectivity index (χ0v) is 14.5. The van der Waals surface area contributed by atoms with Crippen molar-refractivity contribution in [3.05, 3.63) is 35.4 Å². The Morgan fingerprint density at radius 1 is 1.30 bits per heavy atom. The quantitative estimate of drug-likeness (QED) is 0.797. The number of carbonyl (C=O) groups excluding carboxylic acids is 1. The minimum absolute atomic E-state index is 0.110. The van der Waals surface area contributed by atoms with Crippen LogP contribution in [0.15, 0.2) is 24.3 Å². The van der Waals surface area contributed by atoms with Crippen molar-refractivity contribution < 1.29 is 9.53 Å². The third-order valence-corrected chi connectivity index (χ3v) is 4.41. The molecule has 0 atom stereocenters. The van der Waals surface area contributed by atoms with Crippen LogP contribution in [0.3, 0.4) is 0 Å². The van der Waals surface area contributed by atoms with Crippen molar-refractivity contribution in [3.8, 4) is 0 Å². The number of hydrogen-bond acceptors (Lipinski definition) is 4. The molecule has 1 saturated heterocycles. The summed E-state index contributed by atoms with van der Waals surface area (Å²) in [6, 6.07) is 8.39. The molecule has 5 heteroatoms. The molecular weight excluding hydrogens is 290 g/mol. The number of methoxy groups -OCH3 is 1. The van der Waals surface area contributed by atoms with Crippen LogP contribution in [0.25, 0.3) is 0 Å². The molecule has 0 bridgehead atoms. The van der Waals surface area contributed by atoms with Crippen LogP contribution >= 0.6 is 0 Å². The molecule has 0 aromatic heterocycles. The van der Waals surface area contributed by atoms with Gasteiger partial charge >= 0.3 is 0 Å². The van der Waals surface area contributed by atoms with E-state index >= 15 is 0 Å². The molecule has 0 saturated carbocycles. The first-order chi connectivity index (χ1) is 11.1. The Labute approximate surface area is 139 Å². The van der Waals surface area contributed by atoms with Crippen LogP contribution in [0, 0.1) is 5.41 Å². The lowest BCUT2D eigenvalue weighted by atomic mass is 9.78. The predicted octanol–water partition coefficient (Wildman–Crippen LogP) is 1.38. The van der Waals surface area contributed by atoms with Crippen molar-refractivity contribution in [1.29, 1.82) is 0 Å². The second kappa shape index (κ2) is 8.43. The van der Waals surface area contributed by atoms with Gasteiger partial charge in [-0.25, -0.2) is 0 Å². The van der Waals surface area contributed by atoms with Gasteiger partial charge in [-0.05, 0) is 51.2 Å². The molecule has 128 valence electrons. The Bertz CT molecular complexity index is 505. The average Bonchev–Trinajstić information content (AvgIpc) is 2.53. The predicted molar refractivity (Wildman–Crippen MR) is 92.1 cm³/mol. The molecule has 2 rings (SSSR count). The molecule has 1 aliphatic heterocycles. The molecule has 0 radical (unpaired) electrons. The summed E-state index contributed by atoms with van der Waals surface area (Å²) in [6.45, 7) is 3.70. The van der Waals surface area contributed by atoms with Crippen molar-refractivity contribution >= 4 is 5.91 Å². The van der Waals surface area contributed by atoms with E-state index in [4.69, 9.17) is 4.74 Å². The monoisotopic (exact) mass is 319 g/mol. The number of carbonyl (C=O) groups is 1. The van der Waals surface area contributed by atoms with Crippen LogP contribution in [0.5, 0.6) is 0 Å². The summed E-state index contributed by atoms with van der Waals surface area (Å²) in [5.41, 5.74) is 2.01. The van der Waals surface area contributed by atoms with Gasteiger partial charge in [-0.3, -0.25) is 4.79 Å². The molecule has 0 aliphatic carbocycles. The summed E-state index contributed by atoms with van der Waals surface area (Å²) in [7, 11) is 5.78. The highest BCUT2D eigenvalue weighted by atomic mass is 16.5. The van der Waals surface area contributed by atoms with E-state index in [1.165, 1.54) is 5.56 Å². The van der Waals surface area contributed by atoms with Crippen LogP contribution in [0.4, 0.5) is 0 Å². The molecule has 0 unspecified atom stereocenters. The molecule has 1 aliphatic rings. The van der Waals surface area contributed by atoms with E-state index in [-0.39, 0.29) is 11.3 Å². The Balaban J connectivity index is 1.97. The van der Waals surface area contributed by atoms with E-state index < -0.39 is 0 Å². The first-order valence-electron chi connectivity index (χ1n) is 8.26. The van der Waals surface area contributed by atoms with Gasteiger partial charge in [0.25, 0.3) is 0 Å². The molecular formula is C18H29N3O2. The summed E-state index contributed by atoms with van der Waals surface area (Å²) in [5.74, 6) is 0.110. The lowest BCUT2D eigenvalue weighted by Gasteiger charge is -2.35. The van der Waals surface area contributed by atoms with Crippen molar-refractivity contribution in [2.24, 2.45) is 5.41 Å². The van der Waals surface area contributed by atoms with E-state index in [1.807, 2.05) is 0 Å². The Hall–Kier alpha value is -1.43. The maximum absolute atomic E-state index is 12.7. The van der Waals surface area contributed by atoms with Crippen LogP contribution in [-0.4, -0.2) is 51.7 Å². The summed E-state index contributed by atoms with van der Waals surface area (Å²) in [5, 5.41) is 6.43. The van der Waals surface area contributed by atoms with Crippen molar-refractivity contribution in [1.82, 2.24) is 15.5 Å². The number of hydrogen-bond donors (Lipinski definition) is 2. The standard InChI is InChI=1S/C18H29N3O2/c1-21(2)13-16-6-4-5-15(11-16)12-20-17(22)18(14-23-3)7-9-19-10-8-18/h4-6,11,19H,7-10,12-14H2,1-3H3,(H,20,22). The fraction of sp³-hybridized carbons (Fsp3) is 0.611. The van der Waals surface area contributed by atoms with Crippen molar-refractivity contribution in [2.75, 3.05) is 40.9 Å². The van der Waals surface area contributed by atoms with E-state index in [1.54, 1.807) is 7.11 Å². The largest absolute Gasteiger partial charge is 0.384 e. The second-order valence-electron chi connectivity index (χ2n) is 6.70. The first kappa shape index (κ1) is 17.9. The summed E-state index contributed by atoms with van der Waals surface area (Å²) < 4.78 is 5.33. The number of nitrogens with zero attached hydrogens (tertiary/aromatic N) is 1. The maximum atomic E-state index is 12.7. The van der Waals surface area contributed by atoms with Crippen LogP contribution in [-0.2, 0) is 22.6 Å². The topological polar surface area (TPSA) is 53.6 Å². The zero-order chi connectivity index (χ0) is 16.7. The summed E-state index contributed by atoms with van der Waals surface area (Å²) in [4.78, 5) is 14.9. The van der Waals surface area contributed by atoms with E-state index in [9.17, 15) is 4.79 Å². The fourth-order valence-corrected chi connectivity index (χ4v) is 3.19. The van der Waals surface area contributed by atoms with Gasteiger partial charge in [0, 0.05) is 20.2 Å². The third-order valence-electron chi connectivity index (χ3n) is 4.41. The van der Waals surface area contributed by atoms with Crippen LogP contribution in [0.2, 0.25) is 0 Å². The number of benzene rings is 1. The molecule has 1 amide bonds. The molecule has 0 spiro atoms. The molecule has 1 heterocycles. The van der Waals surface area contributed by atoms with Gasteiger partial charge in [0.2, 0.25) is 5.91 Å². The van der Waals surface area contributed by atoms with E-state index in [0.717, 1.165) is 38.0 Å². The number of rotatable bonds is 7. The minimum atomic E-state index is -0.388. The zero-order valence-electron chi connectivity index (χ0n) is 14.5. The molecule has 1 aromatic carbocycles. The Morgan fingerprint density at radius 2 is 2.00 bits per heavy atom. The highest BCUT2D eigenvalue weighted by Gasteiger charge is 2.39. The lowest BCUT2D eigenvalue weighted by Crippen LogP contribution is -2.49. The summed E-state index contributed by atoms with van der Waals surface area (Å²) >= 11 is 0. The van der Waals surface area contributed by atoms with Crippen LogP contribution in [0.1, 0.15) is 24.0 Å². The first-order valence-corrected chi connectivity index (χ1v) is 8.26. The number of nitrogens with one attached hydrogen (secondary N) is 2. The van der Waals surface area contributed by atoms with Gasteiger partial charge in [-0.1, -0.05) is 24.3 Å². The molecule has 1 fully saturated rings. The molecule has 1 aromatic rings. The van der Waals surface area contributed by atoms with E-state index in [2.05, 4.69) is 53.9 Å². The van der Waals surface area contributed by atoms with Gasteiger partial charge in [-0.15, -0.1) is 0 Å². The third kappa shape index (κ3) is 5.03. The Morgan fingerprint density at radius 3 is 2.65 bits per heavy atom. The van der Waals surface area contributed by atoms with Gasteiger partial charge in [0.1, 0.15) is 0 Å². The van der Waals surface area contributed by atoms with Gasteiger partial charge in [-0.2, -0.15) is 0 Å². The number of amides is 1. The number of piperidine rings is 1. The van der Waals surface area contributed by atoms with Gasteiger partial charge in [0.05, 0.1) is 12.0 Å².